The predicted octanol–water partition coefficient (Wildman–Crippen LogP) is 1.33. The molecule has 0 aliphatic carbocycles. The molecule has 22 heavy (non-hydrogen) atoms. The molecular weight excluding hydrogens is 292 g/mol. The van der Waals surface area contributed by atoms with E-state index < -0.39 is 16.9 Å². The summed E-state index contributed by atoms with van der Waals surface area (Å²) in [6.07, 6.45) is 1.47. The van der Waals surface area contributed by atoms with E-state index in [-0.39, 0.29) is 17.9 Å². The maximum Gasteiger partial charge on any atom is 0.322 e. The minimum atomic E-state index is -1.04. The van der Waals surface area contributed by atoms with Gasteiger partial charge in [0.25, 0.3) is 5.91 Å². The first-order valence-corrected chi connectivity index (χ1v) is 6.75. The van der Waals surface area contributed by atoms with E-state index in [9.17, 15) is 20.0 Å². The summed E-state index contributed by atoms with van der Waals surface area (Å²) in [4.78, 5) is 22.5. The van der Waals surface area contributed by atoms with Gasteiger partial charge < -0.3 is 14.8 Å². The number of aromatic nitrogens is 2. The van der Waals surface area contributed by atoms with Crippen molar-refractivity contribution in [3.63, 3.8) is 0 Å². The summed E-state index contributed by atoms with van der Waals surface area (Å²) in [7, 11) is 0. The van der Waals surface area contributed by atoms with E-state index in [2.05, 4.69) is 15.5 Å². The molecule has 1 amide bonds. The number of carbonyl (C=O) groups excluding carboxylic acids is 1. The van der Waals surface area contributed by atoms with Crippen LogP contribution in [0.3, 0.4) is 0 Å². The van der Waals surface area contributed by atoms with Crippen LogP contribution in [-0.2, 0) is 6.42 Å². The molecule has 1 unspecified atom stereocenters. The van der Waals surface area contributed by atoms with Gasteiger partial charge >= 0.3 is 5.69 Å². The lowest BCUT2D eigenvalue weighted by Crippen LogP contribution is -2.29. The van der Waals surface area contributed by atoms with Gasteiger partial charge in [-0.1, -0.05) is 13.3 Å². The number of nitrogens with one attached hydrogen (secondary N) is 2. The van der Waals surface area contributed by atoms with Gasteiger partial charge in [0.05, 0.1) is 17.7 Å². The van der Waals surface area contributed by atoms with Crippen LogP contribution in [0.4, 0.5) is 5.69 Å². The predicted molar refractivity (Wildman–Crippen MR) is 75.2 cm³/mol. The Labute approximate surface area is 125 Å². The molecule has 0 fully saturated rings. The smallest absolute Gasteiger partial charge is 0.322 e. The molecule has 118 valence electrons. The molecule has 9 nitrogen and oxygen atoms in total. The number of hydrogen-bond acceptors (Lipinski definition) is 6. The van der Waals surface area contributed by atoms with E-state index in [1.807, 2.05) is 6.92 Å². The van der Waals surface area contributed by atoms with Crippen LogP contribution in [-0.4, -0.2) is 32.7 Å². The van der Waals surface area contributed by atoms with E-state index in [0.29, 0.717) is 24.3 Å². The van der Waals surface area contributed by atoms with Crippen LogP contribution in [0.1, 0.15) is 41.4 Å². The van der Waals surface area contributed by atoms with Crippen LogP contribution in [0.2, 0.25) is 0 Å². The second kappa shape index (κ2) is 6.85. The third kappa shape index (κ3) is 3.31. The zero-order valence-corrected chi connectivity index (χ0v) is 11.9. The van der Waals surface area contributed by atoms with Gasteiger partial charge in [0.15, 0.2) is 0 Å². The van der Waals surface area contributed by atoms with Gasteiger partial charge in [-0.05, 0) is 18.6 Å². The van der Waals surface area contributed by atoms with Gasteiger partial charge in [-0.3, -0.25) is 20.0 Å². The second-order valence-corrected chi connectivity index (χ2v) is 4.65. The molecule has 3 N–H and O–H groups in total. The molecule has 0 aliphatic heterocycles. The van der Waals surface area contributed by atoms with Gasteiger partial charge in [-0.2, -0.15) is 5.10 Å². The summed E-state index contributed by atoms with van der Waals surface area (Å²) in [6.45, 7) is 1.73. The lowest BCUT2D eigenvalue weighted by molar-refractivity contribution is -0.385. The number of rotatable bonds is 7. The normalized spacial score (nSPS) is 12.1. The van der Waals surface area contributed by atoms with Crippen molar-refractivity contribution in [1.82, 2.24) is 15.5 Å². The first-order valence-electron chi connectivity index (χ1n) is 6.75. The fourth-order valence-electron chi connectivity index (χ4n) is 2.01. The molecule has 1 atom stereocenters. The number of aliphatic hydroxyl groups is 1. The molecule has 0 aliphatic rings. The molecule has 2 rings (SSSR count). The van der Waals surface area contributed by atoms with Crippen molar-refractivity contribution in [1.29, 1.82) is 0 Å². The van der Waals surface area contributed by atoms with Gasteiger partial charge in [-0.15, -0.1) is 0 Å². The Hall–Kier alpha value is -2.68. The van der Waals surface area contributed by atoms with Crippen LogP contribution >= 0.6 is 0 Å². The zero-order valence-electron chi connectivity index (χ0n) is 11.9. The SMILES string of the molecule is CCCc1[nH]nc(C(=O)NCC(O)c2ccco2)c1[N+](=O)[O-]. The Morgan fingerprint density at radius 2 is 2.41 bits per heavy atom. The van der Waals surface area contributed by atoms with Crippen molar-refractivity contribution >= 4 is 11.6 Å². The summed E-state index contributed by atoms with van der Waals surface area (Å²) in [5.74, 6) is -0.431. The third-order valence-corrected chi connectivity index (χ3v) is 3.04. The molecule has 0 saturated carbocycles. The molecule has 0 bridgehead atoms. The lowest BCUT2D eigenvalue weighted by Gasteiger charge is -2.08. The Kier molecular flexibility index (Phi) is 4.89. The van der Waals surface area contributed by atoms with Crippen molar-refractivity contribution in [3.8, 4) is 0 Å². The maximum atomic E-state index is 12.0. The summed E-state index contributed by atoms with van der Waals surface area (Å²) in [5, 5.41) is 29.5. The number of nitrogens with zero attached hydrogens (tertiary/aromatic N) is 2. The van der Waals surface area contributed by atoms with E-state index in [1.54, 1.807) is 12.1 Å². The van der Waals surface area contributed by atoms with E-state index in [0.717, 1.165) is 0 Å². The number of nitro groups is 1. The second-order valence-electron chi connectivity index (χ2n) is 4.65. The Morgan fingerprint density at radius 3 is 3.00 bits per heavy atom. The molecule has 0 radical (unpaired) electrons. The van der Waals surface area contributed by atoms with Crippen LogP contribution in [0.5, 0.6) is 0 Å². The number of aryl methyl sites for hydroxylation is 1. The van der Waals surface area contributed by atoms with Gasteiger partial charge in [0.1, 0.15) is 17.6 Å². The molecule has 2 aromatic rings. The average Bonchev–Trinajstić information content (AvgIpc) is 3.13. The lowest BCUT2D eigenvalue weighted by atomic mass is 10.2. The minimum absolute atomic E-state index is 0.139. The number of hydrogen-bond donors (Lipinski definition) is 3. The molecule has 2 heterocycles. The maximum absolute atomic E-state index is 12.0. The van der Waals surface area contributed by atoms with E-state index in [1.165, 1.54) is 6.26 Å². The fraction of sp³-hybridized carbons (Fsp3) is 0.385. The van der Waals surface area contributed by atoms with Gasteiger partial charge in [-0.25, -0.2) is 0 Å². The number of furan rings is 1. The van der Waals surface area contributed by atoms with Crippen LogP contribution < -0.4 is 5.32 Å². The largest absolute Gasteiger partial charge is 0.467 e. The van der Waals surface area contributed by atoms with Crippen LogP contribution in [0.15, 0.2) is 22.8 Å². The summed E-state index contributed by atoms with van der Waals surface area (Å²) in [6, 6.07) is 3.17. The number of carbonyl (C=O) groups is 1. The fourth-order valence-corrected chi connectivity index (χ4v) is 2.01. The average molecular weight is 308 g/mol. The summed E-state index contributed by atoms with van der Waals surface area (Å²) < 4.78 is 5.00. The molecular formula is C13H16N4O5. The zero-order chi connectivity index (χ0) is 16.1. The first kappa shape index (κ1) is 15.7. The van der Waals surface area contributed by atoms with Crippen molar-refractivity contribution in [2.24, 2.45) is 0 Å². The highest BCUT2D eigenvalue weighted by atomic mass is 16.6. The number of aliphatic hydroxyl groups excluding tert-OH is 1. The number of aromatic amines is 1. The highest BCUT2D eigenvalue weighted by Crippen LogP contribution is 2.22. The van der Waals surface area contributed by atoms with E-state index in [4.69, 9.17) is 4.42 Å². The van der Waals surface area contributed by atoms with E-state index >= 15 is 0 Å². The summed E-state index contributed by atoms with van der Waals surface area (Å²) in [5.41, 5.74) is -0.309. The monoisotopic (exact) mass is 308 g/mol. The van der Waals surface area contributed by atoms with Gasteiger partial charge in [0, 0.05) is 0 Å². The number of H-pyrrole nitrogens is 1. The van der Waals surface area contributed by atoms with Crippen molar-refractivity contribution in [3.05, 3.63) is 45.7 Å². The van der Waals surface area contributed by atoms with Crippen molar-refractivity contribution in [2.75, 3.05) is 6.54 Å². The molecule has 9 heteroatoms. The topological polar surface area (TPSA) is 134 Å². The highest BCUT2D eigenvalue weighted by molar-refractivity contribution is 5.96. The number of amides is 1. The minimum Gasteiger partial charge on any atom is -0.467 e. The molecule has 2 aromatic heterocycles. The van der Waals surface area contributed by atoms with Crippen molar-refractivity contribution in [2.45, 2.75) is 25.9 Å². The molecule has 0 saturated heterocycles. The standard InChI is InChI=1S/C13H16N4O5/c1-2-4-8-12(17(20)21)11(16-15-8)13(19)14-7-9(18)10-5-3-6-22-10/h3,5-6,9,18H,2,4,7H2,1H3,(H,14,19)(H,15,16). The Morgan fingerprint density at radius 1 is 1.64 bits per heavy atom. The quantitative estimate of drug-likeness (QED) is 0.521. The molecule has 0 spiro atoms. The first-order chi connectivity index (χ1) is 10.5. The highest BCUT2D eigenvalue weighted by Gasteiger charge is 2.28. The van der Waals surface area contributed by atoms with Gasteiger partial charge in [0.2, 0.25) is 5.69 Å². The van der Waals surface area contributed by atoms with Crippen LogP contribution in [0.25, 0.3) is 0 Å². The Balaban J connectivity index is 2.08. The Bertz CT molecular complexity index is 649. The van der Waals surface area contributed by atoms with Crippen molar-refractivity contribution < 1.29 is 19.2 Å². The summed E-state index contributed by atoms with van der Waals surface area (Å²) >= 11 is 0. The third-order valence-electron chi connectivity index (χ3n) is 3.04. The van der Waals surface area contributed by atoms with Crippen LogP contribution in [0, 0.1) is 10.1 Å². The molecule has 0 aromatic carbocycles.